The quantitative estimate of drug-likeness (QED) is 0.303. The van der Waals surface area contributed by atoms with E-state index >= 15 is 0 Å². The molecular formula is C25H22N6OS2. The van der Waals surface area contributed by atoms with Gasteiger partial charge in [0.1, 0.15) is 5.01 Å². The molecule has 2 aromatic carbocycles. The second-order valence-corrected chi connectivity index (χ2v) is 9.92. The number of rotatable bonds is 6. The summed E-state index contributed by atoms with van der Waals surface area (Å²) in [6.07, 6.45) is 0.185. The topological polar surface area (TPSA) is 92.7 Å². The second kappa shape index (κ2) is 9.28. The molecule has 2 N–H and O–H groups in total. The van der Waals surface area contributed by atoms with Gasteiger partial charge in [-0.3, -0.25) is 4.79 Å². The molecule has 5 aromatic rings. The van der Waals surface area contributed by atoms with Crippen LogP contribution in [-0.4, -0.2) is 25.8 Å². The number of carbonyl (C=O) groups is 1. The Morgan fingerprint density at radius 3 is 2.44 bits per heavy atom. The number of fused-ring (bicyclic) bond motifs is 1. The van der Waals surface area contributed by atoms with Crippen LogP contribution in [0.15, 0.2) is 53.9 Å². The third-order valence-electron chi connectivity index (χ3n) is 5.05. The van der Waals surface area contributed by atoms with E-state index in [1.807, 2.05) is 55.6 Å². The third-order valence-corrected chi connectivity index (χ3v) is 6.93. The van der Waals surface area contributed by atoms with Crippen LogP contribution < -0.4 is 10.6 Å². The highest BCUT2D eigenvalue weighted by Gasteiger charge is 2.11. The fraction of sp³-hybridized carbons (Fsp3) is 0.160. The van der Waals surface area contributed by atoms with Crippen LogP contribution in [0.4, 0.5) is 16.8 Å². The molecule has 0 atom stereocenters. The molecule has 3 aromatic heterocycles. The summed E-state index contributed by atoms with van der Waals surface area (Å²) in [6.45, 7) is 5.92. The molecule has 0 radical (unpaired) electrons. The first-order chi connectivity index (χ1) is 16.4. The van der Waals surface area contributed by atoms with Gasteiger partial charge in [0.05, 0.1) is 22.3 Å². The number of nitrogens with zero attached hydrogens (tertiary/aromatic N) is 4. The predicted molar refractivity (Wildman–Crippen MR) is 139 cm³/mol. The molecule has 0 spiro atoms. The molecule has 0 aliphatic rings. The van der Waals surface area contributed by atoms with Crippen molar-refractivity contribution in [2.45, 2.75) is 27.2 Å². The molecule has 0 saturated carbocycles. The van der Waals surface area contributed by atoms with Crippen molar-refractivity contribution in [1.82, 2.24) is 19.9 Å². The number of nitrogens with one attached hydrogen (secondary N) is 2. The van der Waals surface area contributed by atoms with Crippen LogP contribution in [0.25, 0.3) is 20.8 Å². The maximum absolute atomic E-state index is 12.5. The molecule has 0 unspecified atom stereocenters. The Labute approximate surface area is 205 Å². The van der Waals surface area contributed by atoms with E-state index in [1.165, 1.54) is 21.6 Å². The van der Waals surface area contributed by atoms with Gasteiger partial charge in [-0.2, -0.15) is 0 Å². The summed E-state index contributed by atoms with van der Waals surface area (Å²) in [5.74, 6) is 0.383. The largest absolute Gasteiger partial charge is 0.326 e. The number of anilines is 3. The van der Waals surface area contributed by atoms with Crippen molar-refractivity contribution in [3.8, 4) is 10.6 Å². The smallest absolute Gasteiger partial charge is 0.230 e. The van der Waals surface area contributed by atoms with Crippen LogP contribution in [0.5, 0.6) is 0 Å². The molecule has 3 heterocycles. The molecule has 1 amide bonds. The van der Waals surface area contributed by atoms with Gasteiger partial charge < -0.3 is 10.6 Å². The van der Waals surface area contributed by atoms with Crippen LogP contribution in [-0.2, 0) is 11.2 Å². The number of benzene rings is 2. The molecule has 170 valence electrons. The third kappa shape index (κ3) is 5.11. The Bertz CT molecular complexity index is 1470. The molecular weight excluding hydrogens is 464 g/mol. The minimum absolute atomic E-state index is 0.122. The molecule has 5 rings (SSSR count). The van der Waals surface area contributed by atoms with Gasteiger partial charge in [-0.1, -0.05) is 6.07 Å². The average molecular weight is 487 g/mol. The van der Waals surface area contributed by atoms with Crippen molar-refractivity contribution < 1.29 is 4.79 Å². The van der Waals surface area contributed by atoms with Gasteiger partial charge in [-0.05, 0) is 68.8 Å². The summed E-state index contributed by atoms with van der Waals surface area (Å²) < 4.78 is 1.17. The van der Waals surface area contributed by atoms with Gasteiger partial charge in [0.2, 0.25) is 11.9 Å². The predicted octanol–water partition coefficient (Wildman–Crippen LogP) is 6.06. The molecule has 0 aliphatic carbocycles. The van der Waals surface area contributed by atoms with Crippen LogP contribution in [0.3, 0.4) is 0 Å². The van der Waals surface area contributed by atoms with E-state index in [9.17, 15) is 4.79 Å². The molecule has 0 fully saturated rings. The summed E-state index contributed by atoms with van der Waals surface area (Å²) in [5, 5.41) is 9.54. The van der Waals surface area contributed by atoms with Crippen LogP contribution in [0, 0.1) is 20.8 Å². The molecule has 7 nitrogen and oxygen atoms in total. The highest BCUT2D eigenvalue weighted by atomic mass is 32.1. The summed E-state index contributed by atoms with van der Waals surface area (Å²) >= 11 is 3.09. The van der Waals surface area contributed by atoms with Crippen LogP contribution in [0.2, 0.25) is 0 Å². The minimum atomic E-state index is -0.122. The molecule has 9 heteroatoms. The number of aryl methyl sites for hydroxylation is 3. The first kappa shape index (κ1) is 22.1. The Hall–Kier alpha value is -3.69. The fourth-order valence-electron chi connectivity index (χ4n) is 3.54. The normalized spacial score (nSPS) is 11.0. The van der Waals surface area contributed by atoms with Crippen LogP contribution >= 0.6 is 22.7 Å². The molecule has 0 aliphatic heterocycles. The number of amides is 1. The fourth-order valence-corrected chi connectivity index (χ4v) is 5.32. The SMILES string of the molecule is Cc1ccc2nc(-c3ccc(NC(=O)Cc4csc(Nc5nc(C)cc(C)n5)n4)cc3)sc2c1. The van der Waals surface area contributed by atoms with Gasteiger partial charge >= 0.3 is 0 Å². The van der Waals surface area contributed by atoms with Gasteiger partial charge in [-0.15, -0.1) is 22.7 Å². The number of aromatic nitrogens is 4. The summed E-state index contributed by atoms with van der Waals surface area (Å²) in [5.41, 5.74) is 6.46. The van der Waals surface area contributed by atoms with E-state index < -0.39 is 0 Å². The molecule has 34 heavy (non-hydrogen) atoms. The lowest BCUT2D eigenvalue weighted by atomic mass is 10.2. The van der Waals surface area contributed by atoms with Gasteiger partial charge in [0, 0.05) is 28.0 Å². The minimum Gasteiger partial charge on any atom is -0.326 e. The Morgan fingerprint density at radius 2 is 1.68 bits per heavy atom. The summed E-state index contributed by atoms with van der Waals surface area (Å²) in [4.78, 5) is 30.5. The highest BCUT2D eigenvalue weighted by Crippen LogP contribution is 2.31. The maximum atomic E-state index is 12.5. The summed E-state index contributed by atoms with van der Waals surface area (Å²) in [7, 11) is 0. The van der Waals surface area contributed by atoms with E-state index in [0.29, 0.717) is 16.8 Å². The maximum Gasteiger partial charge on any atom is 0.230 e. The first-order valence-corrected chi connectivity index (χ1v) is 12.4. The number of thiazole rings is 2. The lowest BCUT2D eigenvalue weighted by Crippen LogP contribution is -2.14. The summed E-state index contributed by atoms with van der Waals surface area (Å²) in [6, 6.07) is 15.9. The van der Waals surface area contributed by atoms with Crippen molar-refractivity contribution in [3.05, 3.63) is 76.6 Å². The van der Waals surface area contributed by atoms with Crippen molar-refractivity contribution in [2.75, 3.05) is 10.6 Å². The Morgan fingerprint density at radius 1 is 0.912 bits per heavy atom. The number of hydrogen-bond acceptors (Lipinski definition) is 8. The standard InChI is InChI=1S/C25H22N6OS2/c1-14-4-9-20-21(10-14)34-23(30-20)17-5-7-18(8-6-17)28-22(32)12-19-13-33-25(29-19)31-24-26-15(2)11-16(3)27-24/h4-11,13H,12H2,1-3H3,(H,28,32)(H,26,27,29,31). The lowest BCUT2D eigenvalue weighted by molar-refractivity contribution is -0.115. The zero-order chi connectivity index (χ0) is 23.7. The van der Waals surface area contributed by atoms with Gasteiger partial charge in [0.25, 0.3) is 0 Å². The van der Waals surface area contributed by atoms with E-state index in [4.69, 9.17) is 4.98 Å². The lowest BCUT2D eigenvalue weighted by Gasteiger charge is -2.05. The van der Waals surface area contributed by atoms with Gasteiger partial charge in [-0.25, -0.2) is 19.9 Å². The van der Waals surface area contributed by atoms with E-state index in [2.05, 4.69) is 44.6 Å². The van der Waals surface area contributed by atoms with Gasteiger partial charge in [0.15, 0.2) is 5.13 Å². The first-order valence-electron chi connectivity index (χ1n) is 10.7. The monoisotopic (exact) mass is 486 g/mol. The Balaban J connectivity index is 1.21. The van der Waals surface area contributed by atoms with Crippen molar-refractivity contribution in [1.29, 1.82) is 0 Å². The highest BCUT2D eigenvalue weighted by molar-refractivity contribution is 7.21. The van der Waals surface area contributed by atoms with E-state index in [-0.39, 0.29) is 12.3 Å². The van der Waals surface area contributed by atoms with E-state index in [0.717, 1.165) is 33.2 Å². The van der Waals surface area contributed by atoms with Crippen molar-refractivity contribution >= 4 is 55.6 Å². The molecule has 0 bridgehead atoms. The zero-order valence-corrected chi connectivity index (χ0v) is 20.5. The molecule has 0 saturated heterocycles. The second-order valence-electron chi connectivity index (χ2n) is 8.04. The number of carbonyl (C=O) groups excluding carboxylic acids is 1. The Kier molecular flexibility index (Phi) is 6.04. The van der Waals surface area contributed by atoms with Crippen LogP contribution in [0.1, 0.15) is 22.6 Å². The van der Waals surface area contributed by atoms with Crippen molar-refractivity contribution in [2.24, 2.45) is 0 Å². The zero-order valence-electron chi connectivity index (χ0n) is 18.9. The number of hydrogen-bond donors (Lipinski definition) is 2. The van der Waals surface area contributed by atoms with E-state index in [1.54, 1.807) is 11.3 Å². The van der Waals surface area contributed by atoms with Crippen molar-refractivity contribution in [3.63, 3.8) is 0 Å². The average Bonchev–Trinajstić information content (AvgIpc) is 3.39.